The van der Waals surface area contributed by atoms with Crippen LogP contribution in [0.4, 0.5) is 0 Å². The number of nitrogens with zero attached hydrogens (tertiary/aromatic N) is 1. The summed E-state index contributed by atoms with van der Waals surface area (Å²) >= 11 is 0. The summed E-state index contributed by atoms with van der Waals surface area (Å²) in [5.41, 5.74) is -0.0496. The van der Waals surface area contributed by atoms with Gasteiger partial charge >= 0.3 is 13.3 Å². The maximum atomic E-state index is 12.4. The van der Waals surface area contributed by atoms with Gasteiger partial charge in [0.05, 0.1) is 25.0 Å². The van der Waals surface area contributed by atoms with Crippen LogP contribution in [0.25, 0.3) is 0 Å². The zero-order chi connectivity index (χ0) is 21.3. The predicted molar refractivity (Wildman–Crippen MR) is 108 cm³/mol. The third-order valence-electron chi connectivity index (χ3n) is 4.45. The van der Waals surface area contributed by atoms with E-state index in [0.29, 0.717) is 13.0 Å². The summed E-state index contributed by atoms with van der Waals surface area (Å²) in [6.07, 6.45) is 0.951. The van der Waals surface area contributed by atoms with Crippen LogP contribution in [0.15, 0.2) is 52.2 Å². The molecule has 2 aromatic rings. The Labute approximate surface area is 169 Å². The van der Waals surface area contributed by atoms with E-state index in [-0.39, 0.29) is 19.0 Å². The van der Waals surface area contributed by atoms with Gasteiger partial charge in [-0.2, -0.15) is 0 Å². The Bertz CT molecular complexity index is 905. The molecule has 0 radical (unpaired) electrons. The summed E-state index contributed by atoms with van der Waals surface area (Å²) in [4.78, 5) is 25.2. The number of benzene rings is 1. The smallest absolute Gasteiger partial charge is 0.330 e. The van der Waals surface area contributed by atoms with Crippen LogP contribution in [0.2, 0.25) is 0 Å². The zero-order valence-electron chi connectivity index (χ0n) is 16.8. The highest BCUT2D eigenvalue weighted by atomic mass is 31.2. The van der Waals surface area contributed by atoms with Crippen molar-refractivity contribution >= 4 is 7.60 Å². The van der Waals surface area contributed by atoms with E-state index >= 15 is 0 Å². The van der Waals surface area contributed by atoms with Crippen LogP contribution < -0.4 is 11.2 Å². The van der Waals surface area contributed by atoms with Gasteiger partial charge in [-0.05, 0) is 18.9 Å². The van der Waals surface area contributed by atoms with Crippen molar-refractivity contribution in [3.8, 4) is 0 Å². The van der Waals surface area contributed by atoms with Gasteiger partial charge in [0, 0.05) is 26.5 Å². The Morgan fingerprint density at radius 1 is 1.07 bits per heavy atom. The summed E-state index contributed by atoms with van der Waals surface area (Å²) in [7, 11) is -0.558. The van der Waals surface area contributed by atoms with Gasteiger partial charge < -0.3 is 18.5 Å². The second-order valence-corrected chi connectivity index (χ2v) is 8.80. The quantitative estimate of drug-likeness (QED) is 0.519. The molecule has 0 aliphatic heterocycles. The normalized spacial score (nSPS) is 13.9. The van der Waals surface area contributed by atoms with Gasteiger partial charge in [0.25, 0.3) is 5.56 Å². The Morgan fingerprint density at radius 3 is 2.38 bits per heavy atom. The number of nitrogens with one attached hydrogen (secondary N) is 1. The van der Waals surface area contributed by atoms with Gasteiger partial charge in [0.2, 0.25) is 0 Å². The van der Waals surface area contributed by atoms with E-state index in [1.165, 1.54) is 31.0 Å². The third kappa shape index (κ3) is 7.38. The summed E-state index contributed by atoms with van der Waals surface area (Å²) in [6.45, 7) is 2.13. The number of ether oxygens (including phenoxy) is 2. The first-order valence-corrected chi connectivity index (χ1v) is 10.9. The standard InChI is InChI=1S/C19H27N2O7P/c1-15(27-13-16-7-5-4-6-8-16)17(10-12-29(24,25-2)26-3)28-14-21-11-9-18(22)20-19(21)23/h4-9,11,15,17H,10,12-14H2,1-3H3,(H,20,22,23)/t15-,17+/m0/s1. The van der Waals surface area contributed by atoms with Gasteiger partial charge in [-0.1, -0.05) is 30.3 Å². The van der Waals surface area contributed by atoms with Crippen LogP contribution in [0.3, 0.4) is 0 Å². The molecule has 10 heteroatoms. The van der Waals surface area contributed by atoms with Crippen molar-refractivity contribution in [2.24, 2.45) is 0 Å². The van der Waals surface area contributed by atoms with E-state index in [9.17, 15) is 14.2 Å². The summed E-state index contributed by atoms with van der Waals surface area (Å²) in [5.74, 6) is 0. The lowest BCUT2D eigenvalue weighted by molar-refractivity contribution is -0.0932. The van der Waals surface area contributed by atoms with E-state index in [2.05, 4.69) is 4.98 Å². The molecule has 9 nitrogen and oxygen atoms in total. The van der Waals surface area contributed by atoms with Crippen molar-refractivity contribution in [1.29, 1.82) is 0 Å². The molecule has 2 atom stereocenters. The minimum absolute atomic E-state index is 0.0937. The molecule has 1 heterocycles. The number of aromatic amines is 1. The molecule has 0 amide bonds. The first-order valence-electron chi connectivity index (χ1n) is 9.14. The molecular weight excluding hydrogens is 399 g/mol. The summed E-state index contributed by atoms with van der Waals surface area (Å²) in [6, 6.07) is 10.9. The molecule has 0 spiro atoms. The topological polar surface area (TPSA) is 109 Å². The van der Waals surface area contributed by atoms with Crippen molar-refractivity contribution < 1.29 is 23.1 Å². The van der Waals surface area contributed by atoms with Gasteiger partial charge in [-0.15, -0.1) is 0 Å². The molecule has 29 heavy (non-hydrogen) atoms. The van der Waals surface area contributed by atoms with Gasteiger partial charge in [0.15, 0.2) is 0 Å². The fourth-order valence-electron chi connectivity index (χ4n) is 2.63. The predicted octanol–water partition coefficient (Wildman–Crippen LogP) is 2.36. The van der Waals surface area contributed by atoms with E-state index < -0.39 is 24.9 Å². The van der Waals surface area contributed by atoms with Crippen molar-refractivity contribution in [3.63, 3.8) is 0 Å². The Balaban J connectivity index is 2.05. The molecule has 1 N–H and O–H groups in total. The van der Waals surface area contributed by atoms with Crippen LogP contribution in [0.1, 0.15) is 18.9 Å². The lowest BCUT2D eigenvalue weighted by Crippen LogP contribution is -2.34. The Hall–Kier alpha value is -2.03. The van der Waals surface area contributed by atoms with Crippen molar-refractivity contribution in [2.45, 2.75) is 38.9 Å². The molecular formula is C19H27N2O7P. The molecule has 1 aromatic carbocycles. The van der Waals surface area contributed by atoms with Gasteiger partial charge in [-0.3, -0.25) is 18.9 Å². The van der Waals surface area contributed by atoms with Crippen LogP contribution >= 0.6 is 7.60 Å². The number of hydrogen-bond donors (Lipinski definition) is 1. The third-order valence-corrected chi connectivity index (χ3v) is 6.37. The molecule has 0 aliphatic rings. The first kappa shape index (κ1) is 23.3. The zero-order valence-corrected chi connectivity index (χ0v) is 17.7. The number of hydrogen-bond acceptors (Lipinski definition) is 7. The summed E-state index contributed by atoms with van der Waals surface area (Å²) < 4.78 is 35.4. The molecule has 0 unspecified atom stereocenters. The van der Waals surface area contributed by atoms with Crippen LogP contribution in [-0.2, 0) is 36.4 Å². The number of H-pyrrole nitrogens is 1. The number of aromatic nitrogens is 2. The molecule has 160 valence electrons. The summed E-state index contributed by atoms with van der Waals surface area (Å²) in [5, 5.41) is 0. The lowest BCUT2D eigenvalue weighted by atomic mass is 10.1. The molecule has 0 aliphatic carbocycles. The monoisotopic (exact) mass is 426 g/mol. The molecule has 0 saturated heterocycles. The van der Waals surface area contributed by atoms with E-state index in [1.54, 1.807) is 0 Å². The molecule has 2 rings (SSSR count). The van der Waals surface area contributed by atoms with Crippen molar-refractivity contribution in [1.82, 2.24) is 9.55 Å². The second-order valence-electron chi connectivity index (χ2n) is 6.40. The minimum atomic E-state index is -3.21. The maximum Gasteiger partial charge on any atom is 0.330 e. The fraction of sp³-hybridized carbons (Fsp3) is 0.474. The van der Waals surface area contributed by atoms with Crippen LogP contribution in [0, 0.1) is 0 Å². The molecule has 0 bridgehead atoms. The fourth-order valence-corrected chi connectivity index (χ4v) is 3.71. The Morgan fingerprint density at radius 2 is 1.76 bits per heavy atom. The number of rotatable bonds is 12. The van der Waals surface area contributed by atoms with Gasteiger partial charge in [-0.25, -0.2) is 4.79 Å². The highest BCUT2D eigenvalue weighted by Gasteiger charge is 2.27. The lowest BCUT2D eigenvalue weighted by Gasteiger charge is -2.26. The second kappa shape index (κ2) is 11.2. The maximum absolute atomic E-state index is 12.4. The van der Waals surface area contributed by atoms with Crippen LogP contribution in [-0.4, -0.2) is 42.1 Å². The van der Waals surface area contributed by atoms with Gasteiger partial charge in [0.1, 0.15) is 6.73 Å². The first-order chi connectivity index (χ1) is 13.9. The highest BCUT2D eigenvalue weighted by Crippen LogP contribution is 2.47. The molecule has 0 saturated carbocycles. The van der Waals surface area contributed by atoms with E-state index in [1.807, 2.05) is 37.3 Å². The largest absolute Gasteiger partial charge is 0.371 e. The average Bonchev–Trinajstić information content (AvgIpc) is 2.73. The van der Waals surface area contributed by atoms with Crippen molar-refractivity contribution in [3.05, 3.63) is 69.0 Å². The van der Waals surface area contributed by atoms with Crippen LogP contribution in [0.5, 0.6) is 0 Å². The molecule has 0 fully saturated rings. The SMILES string of the molecule is COP(=O)(CC[C@@H](OCn1ccc(=O)[nH]c1=O)[C@H](C)OCc1ccccc1)OC. The minimum Gasteiger partial charge on any atom is -0.371 e. The average molecular weight is 426 g/mol. The molecule has 1 aromatic heterocycles. The van der Waals surface area contributed by atoms with E-state index in [4.69, 9.17) is 18.5 Å². The Kier molecular flexibility index (Phi) is 9.00. The highest BCUT2D eigenvalue weighted by molar-refractivity contribution is 7.53. The van der Waals surface area contributed by atoms with Crippen molar-refractivity contribution in [2.75, 3.05) is 20.4 Å². The van der Waals surface area contributed by atoms with E-state index in [0.717, 1.165) is 5.56 Å².